The number of anilines is 1. The zero-order chi connectivity index (χ0) is 9.59. The van der Waals surface area contributed by atoms with E-state index in [-0.39, 0.29) is 0 Å². The molecule has 2 rings (SSSR count). The van der Waals surface area contributed by atoms with Gasteiger partial charge < -0.3 is 10.3 Å². The second-order valence-corrected chi connectivity index (χ2v) is 3.29. The lowest BCUT2D eigenvalue weighted by Gasteiger charge is -1.99. The highest BCUT2D eigenvalue weighted by molar-refractivity contribution is 5.83. The minimum atomic E-state index is 0.339. The smallest absolute Gasteiger partial charge is 0.222 e. The zero-order valence-electron chi connectivity index (χ0n) is 8.00. The van der Waals surface area contributed by atoms with E-state index in [4.69, 9.17) is 5.73 Å². The Bertz CT molecular complexity index is 470. The van der Waals surface area contributed by atoms with Crippen molar-refractivity contribution in [3.8, 4) is 0 Å². The molecule has 0 saturated carbocycles. The molecule has 2 N–H and O–H groups in total. The van der Waals surface area contributed by atoms with Crippen LogP contribution in [0.2, 0.25) is 0 Å². The maximum atomic E-state index is 5.57. The number of aromatic nitrogens is 3. The quantitative estimate of drug-likeness (QED) is 0.655. The fraction of sp³-hybridized carbons (Fsp3) is 0.333. The molecule has 4 nitrogen and oxygen atoms in total. The van der Waals surface area contributed by atoms with Gasteiger partial charge in [-0.3, -0.25) is 0 Å². The van der Waals surface area contributed by atoms with E-state index in [2.05, 4.69) is 16.9 Å². The lowest BCUT2D eigenvalue weighted by Crippen LogP contribution is -1.99. The highest BCUT2D eigenvalue weighted by atomic mass is 15.1. The predicted molar refractivity (Wildman–Crippen MR) is 52.4 cm³/mol. The van der Waals surface area contributed by atoms with Crippen LogP contribution in [0.15, 0.2) is 6.20 Å². The molecular formula is C9H12N4. The SMILES string of the molecule is Cc1cn(C)c2nc(N)nc(C)c12. The van der Waals surface area contributed by atoms with Crippen LogP contribution in [0, 0.1) is 13.8 Å². The van der Waals surface area contributed by atoms with Crippen molar-refractivity contribution in [3.05, 3.63) is 17.5 Å². The average Bonchev–Trinajstić information content (AvgIpc) is 2.27. The molecule has 0 aliphatic rings. The van der Waals surface area contributed by atoms with E-state index in [0.717, 1.165) is 16.7 Å². The van der Waals surface area contributed by atoms with E-state index in [0.29, 0.717) is 5.95 Å². The van der Waals surface area contributed by atoms with E-state index in [1.165, 1.54) is 5.56 Å². The third-order valence-corrected chi connectivity index (χ3v) is 2.20. The molecule has 68 valence electrons. The summed E-state index contributed by atoms with van der Waals surface area (Å²) in [6.07, 6.45) is 2.03. The second kappa shape index (κ2) is 2.45. The molecule has 0 fully saturated rings. The first-order valence-corrected chi connectivity index (χ1v) is 4.15. The summed E-state index contributed by atoms with van der Waals surface area (Å²) in [7, 11) is 1.96. The summed E-state index contributed by atoms with van der Waals surface area (Å²) in [6, 6.07) is 0. The largest absolute Gasteiger partial charge is 0.368 e. The molecule has 0 amide bonds. The Labute approximate surface area is 76.4 Å². The Morgan fingerprint density at radius 1 is 1.31 bits per heavy atom. The first kappa shape index (κ1) is 8.04. The van der Waals surface area contributed by atoms with Crippen molar-refractivity contribution < 1.29 is 0 Å². The molecule has 2 heterocycles. The monoisotopic (exact) mass is 176 g/mol. The summed E-state index contributed by atoms with van der Waals surface area (Å²) in [5.41, 5.74) is 8.61. The fourth-order valence-corrected chi connectivity index (χ4v) is 1.71. The van der Waals surface area contributed by atoms with Crippen molar-refractivity contribution in [1.29, 1.82) is 0 Å². The fourth-order valence-electron chi connectivity index (χ4n) is 1.71. The third-order valence-electron chi connectivity index (χ3n) is 2.20. The Morgan fingerprint density at radius 2 is 2.00 bits per heavy atom. The Kier molecular flexibility index (Phi) is 1.52. The Balaban J connectivity index is 2.97. The van der Waals surface area contributed by atoms with E-state index in [9.17, 15) is 0 Å². The van der Waals surface area contributed by atoms with Crippen molar-refractivity contribution >= 4 is 17.0 Å². The van der Waals surface area contributed by atoms with E-state index >= 15 is 0 Å². The standard InChI is InChI=1S/C9H12N4/c1-5-4-13(3)8-7(5)6(2)11-9(10)12-8/h4H,1-3H3,(H2,10,11,12). The van der Waals surface area contributed by atoms with Crippen LogP contribution >= 0.6 is 0 Å². The highest BCUT2D eigenvalue weighted by Gasteiger charge is 2.08. The van der Waals surface area contributed by atoms with Crippen LogP contribution in [-0.4, -0.2) is 14.5 Å². The molecule has 4 heteroatoms. The van der Waals surface area contributed by atoms with Crippen molar-refractivity contribution in [2.75, 3.05) is 5.73 Å². The molecule has 0 aliphatic carbocycles. The normalized spacial score (nSPS) is 11.0. The lowest BCUT2D eigenvalue weighted by molar-refractivity contribution is 0.940. The summed E-state index contributed by atoms with van der Waals surface area (Å²) in [5, 5.41) is 1.11. The Hall–Kier alpha value is -1.58. The number of hydrogen-bond donors (Lipinski definition) is 1. The van der Waals surface area contributed by atoms with Crippen LogP contribution in [0.1, 0.15) is 11.3 Å². The molecule has 0 atom stereocenters. The molecule has 0 aliphatic heterocycles. The van der Waals surface area contributed by atoms with Gasteiger partial charge in [0.15, 0.2) is 0 Å². The molecular weight excluding hydrogens is 164 g/mol. The van der Waals surface area contributed by atoms with Gasteiger partial charge in [0.1, 0.15) is 5.65 Å². The number of hydrogen-bond acceptors (Lipinski definition) is 3. The number of nitrogens with zero attached hydrogens (tertiary/aromatic N) is 3. The van der Waals surface area contributed by atoms with Crippen molar-refractivity contribution in [2.24, 2.45) is 7.05 Å². The van der Waals surface area contributed by atoms with Gasteiger partial charge in [0.2, 0.25) is 5.95 Å². The van der Waals surface area contributed by atoms with Crippen molar-refractivity contribution in [2.45, 2.75) is 13.8 Å². The van der Waals surface area contributed by atoms with Crippen LogP contribution < -0.4 is 5.73 Å². The molecule has 0 radical (unpaired) electrons. The van der Waals surface area contributed by atoms with Crippen LogP contribution in [0.4, 0.5) is 5.95 Å². The molecule has 0 unspecified atom stereocenters. The van der Waals surface area contributed by atoms with Gasteiger partial charge in [-0.25, -0.2) is 4.98 Å². The molecule has 13 heavy (non-hydrogen) atoms. The zero-order valence-corrected chi connectivity index (χ0v) is 8.00. The summed E-state index contributed by atoms with van der Waals surface area (Å²) in [4.78, 5) is 8.32. The number of rotatable bonds is 0. The third kappa shape index (κ3) is 1.06. The lowest BCUT2D eigenvalue weighted by atomic mass is 10.2. The van der Waals surface area contributed by atoms with Crippen LogP contribution in [-0.2, 0) is 7.05 Å². The van der Waals surface area contributed by atoms with Gasteiger partial charge in [0, 0.05) is 18.6 Å². The summed E-state index contributed by atoms with van der Waals surface area (Å²) in [5.74, 6) is 0.339. The number of fused-ring (bicyclic) bond motifs is 1. The van der Waals surface area contributed by atoms with E-state index < -0.39 is 0 Å². The van der Waals surface area contributed by atoms with E-state index in [1.54, 1.807) is 0 Å². The molecule has 0 aromatic carbocycles. The van der Waals surface area contributed by atoms with Gasteiger partial charge in [0.05, 0.1) is 5.69 Å². The number of nitrogen functional groups attached to an aromatic ring is 1. The van der Waals surface area contributed by atoms with Crippen LogP contribution in [0.5, 0.6) is 0 Å². The summed E-state index contributed by atoms with van der Waals surface area (Å²) >= 11 is 0. The maximum Gasteiger partial charge on any atom is 0.222 e. The predicted octanol–water partition coefficient (Wildman–Crippen LogP) is 1.17. The van der Waals surface area contributed by atoms with Gasteiger partial charge >= 0.3 is 0 Å². The van der Waals surface area contributed by atoms with Crippen molar-refractivity contribution in [1.82, 2.24) is 14.5 Å². The average molecular weight is 176 g/mol. The molecule has 0 bridgehead atoms. The van der Waals surface area contributed by atoms with Crippen LogP contribution in [0.25, 0.3) is 11.0 Å². The molecule has 0 spiro atoms. The first-order chi connectivity index (χ1) is 6.09. The van der Waals surface area contributed by atoms with Gasteiger partial charge in [0.25, 0.3) is 0 Å². The number of nitrogens with two attached hydrogens (primary N) is 1. The minimum Gasteiger partial charge on any atom is -0.368 e. The number of aryl methyl sites for hydroxylation is 3. The first-order valence-electron chi connectivity index (χ1n) is 4.15. The minimum absolute atomic E-state index is 0.339. The second-order valence-electron chi connectivity index (χ2n) is 3.29. The topological polar surface area (TPSA) is 56.7 Å². The van der Waals surface area contributed by atoms with Gasteiger partial charge in [-0.2, -0.15) is 4.98 Å². The van der Waals surface area contributed by atoms with E-state index in [1.807, 2.05) is 24.7 Å². The summed E-state index contributed by atoms with van der Waals surface area (Å²) in [6.45, 7) is 4.00. The highest BCUT2D eigenvalue weighted by Crippen LogP contribution is 2.20. The van der Waals surface area contributed by atoms with Crippen molar-refractivity contribution in [3.63, 3.8) is 0 Å². The maximum absolute atomic E-state index is 5.57. The Morgan fingerprint density at radius 3 is 2.69 bits per heavy atom. The molecule has 2 aromatic rings. The summed E-state index contributed by atoms with van der Waals surface area (Å²) < 4.78 is 1.97. The van der Waals surface area contributed by atoms with Gasteiger partial charge in [-0.05, 0) is 19.4 Å². The van der Waals surface area contributed by atoms with Gasteiger partial charge in [-0.1, -0.05) is 0 Å². The van der Waals surface area contributed by atoms with Gasteiger partial charge in [-0.15, -0.1) is 0 Å². The molecule has 0 saturated heterocycles. The van der Waals surface area contributed by atoms with Crippen LogP contribution in [0.3, 0.4) is 0 Å². The molecule has 2 aromatic heterocycles.